The Labute approximate surface area is 88.8 Å². The Morgan fingerprint density at radius 1 is 1.36 bits per heavy atom. The number of carbonyl (C=O) groups is 2. The molecule has 2 atom stereocenters. The quantitative estimate of drug-likeness (QED) is 0.462. The smallest absolute Gasteiger partial charge is 0.306 e. The Morgan fingerprint density at radius 3 is 2.79 bits per heavy atom. The highest BCUT2D eigenvalue weighted by Gasteiger charge is 2.21. The summed E-state index contributed by atoms with van der Waals surface area (Å²) in [7, 11) is 0. The molecule has 0 amide bonds. The fraction of sp³-hybridized carbons (Fsp3) is 0.800. The highest BCUT2D eigenvalue weighted by Crippen LogP contribution is 2.16. The van der Waals surface area contributed by atoms with Gasteiger partial charge in [0.1, 0.15) is 6.10 Å². The van der Waals surface area contributed by atoms with E-state index in [2.05, 4.69) is 0 Å². The van der Waals surface area contributed by atoms with Crippen molar-refractivity contribution >= 4 is 23.4 Å². The molecule has 1 fully saturated rings. The molecule has 2 unspecified atom stereocenters. The molecule has 0 radical (unpaired) electrons. The highest BCUT2D eigenvalue weighted by molar-refractivity contribution is 6.31. The number of ketones is 1. The van der Waals surface area contributed by atoms with Crippen molar-refractivity contribution in [2.24, 2.45) is 0 Å². The lowest BCUT2D eigenvalue weighted by molar-refractivity contribution is -0.149. The van der Waals surface area contributed by atoms with Crippen molar-refractivity contribution in [1.29, 1.82) is 0 Å². The maximum atomic E-state index is 11.4. The van der Waals surface area contributed by atoms with Crippen LogP contribution in [0.5, 0.6) is 0 Å². The van der Waals surface area contributed by atoms with Crippen LogP contribution in [0.3, 0.4) is 0 Å². The maximum absolute atomic E-state index is 11.4. The number of ether oxygens (including phenoxy) is 1. The molecule has 0 aromatic carbocycles. The SMILES string of the molecule is CC1CC(=O)C(Cl)CCCCC(=O)O1. The van der Waals surface area contributed by atoms with Crippen LogP contribution in [0.15, 0.2) is 0 Å². The molecule has 0 aromatic heterocycles. The van der Waals surface area contributed by atoms with Crippen molar-refractivity contribution < 1.29 is 14.3 Å². The zero-order valence-corrected chi connectivity index (χ0v) is 9.05. The van der Waals surface area contributed by atoms with Gasteiger partial charge >= 0.3 is 5.97 Å². The minimum Gasteiger partial charge on any atom is -0.462 e. The third-order valence-electron chi connectivity index (χ3n) is 2.26. The Kier molecular flexibility index (Phi) is 4.39. The van der Waals surface area contributed by atoms with Crippen molar-refractivity contribution in [3.8, 4) is 0 Å². The van der Waals surface area contributed by atoms with Crippen molar-refractivity contribution in [2.45, 2.75) is 50.5 Å². The van der Waals surface area contributed by atoms with Crippen molar-refractivity contribution in [1.82, 2.24) is 0 Å². The maximum Gasteiger partial charge on any atom is 0.306 e. The second kappa shape index (κ2) is 5.35. The van der Waals surface area contributed by atoms with Crippen LogP contribution in [0.25, 0.3) is 0 Å². The molecule has 1 rings (SSSR count). The van der Waals surface area contributed by atoms with E-state index in [9.17, 15) is 9.59 Å². The summed E-state index contributed by atoms with van der Waals surface area (Å²) in [5, 5.41) is -0.408. The molecule has 14 heavy (non-hydrogen) atoms. The van der Waals surface area contributed by atoms with Gasteiger partial charge in [0, 0.05) is 12.8 Å². The molecule has 1 saturated heterocycles. The summed E-state index contributed by atoms with van der Waals surface area (Å²) in [6.07, 6.45) is 2.56. The lowest BCUT2D eigenvalue weighted by Crippen LogP contribution is -2.24. The van der Waals surface area contributed by atoms with E-state index < -0.39 is 5.38 Å². The van der Waals surface area contributed by atoms with Gasteiger partial charge < -0.3 is 4.74 Å². The summed E-state index contributed by atoms with van der Waals surface area (Å²) < 4.78 is 5.03. The summed E-state index contributed by atoms with van der Waals surface area (Å²) in [5.74, 6) is -0.229. The van der Waals surface area contributed by atoms with E-state index in [1.54, 1.807) is 6.92 Å². The van der Waals surface area contributed by atoms with Gasteiger partial charge in [-0.3, -0.25) is 9.59 Å². The lowest BCUT2D eigenvalue weighted by Gasteiger charge is -2.16. The number of esters is 1. The van der Waals surface area contributed by atoms with E-state index in [-0.39, 0.29) is 24.3 Å². The third kappa shape index (κ3) is 3.66. The molecular weight excluding hydrogens is 204 g/mol. The number of hydrogen-bond acceptors (Lipinski definition) is 3. The van der Waals surface area contributed by atoms with E-state index in [1.165, 1.54) is 0 Å². The molecule has 0 bridgehead atoms. The normalized spacial score (nSPS) is 31.0. The molecule has 3 nitrogen and oxygen atoms in total. The highest BCUT2D eigenvalue weighted by atomic mass is 35.5. The van der Waals surface area contributed by atoms with Crippen molar-refractivity contribution in [3.63, 3.8) is 0 Å². The van der Waals surface area contributed by atoms with Crippen LogP contribution in [0.1, 0.15) is 39.0 Å². The third-order valence-corrected chi connectivity index (χ3v) is 2.72. The van der Waals surface area contributed by atoms with Crippen LogP contribution in [0.2, 0.25) is 0 Å². The molecule has 4 heteroatoms. The van der Waals surface area contributed by atoms with Gasteiger partial charge in [-0.15, -0.1) is 11.6 Å². The summed E-state index contributed by atoms with van der Waals surface area (Å²) in [4.78, 5) is 22.6. The minimum atomic E-state index is -0.408. The topological polar surface area (TPSA) is 43.4 Å². The van der Waals surface area contributed by atoms with E-state index in [0.29, 0.717) is 12.8 Å². The fourth-order valence-corrected chi connectivity index (χ4v) is 1.73. The van der Waals surface area contributed by atoms with Gasteiger partial charge in [0.15, 0.2) is 5.78 Å². The first-order valence-corrected chi connectivity index (χ1v) is 5.39. The van der Waals surface area contributed by atoms with Gasteiger partial charge in [0.05, 0.1) is 5.38 Å². The number of Topliss-reactive ketones (excluding diaryl/α,β-unsaturated/α-hetero) is 1. The zero-order valence-electron chi connectivity index (χ0n) is 8.29. The van der Waals surface area contributed by atoms with Crippen LogP contribution in [-0.4, -0.2) is 23.2 Å². The van der Waals surface area contributed by atoms with Crippen LogP contribution >= 0.6 is 11.6 Å². The standard InChI is InChI=1S/C10H15ClO3/c1-7-6-9(12)8(11)4-2-3-5-10(13)14-7/h7-8H,2-6H2,1H3. The molecule has 0 aromatic rings. The number of cyclic esters (lactones) is 1. The number of carbonyl (C=O) groups excluding carboxylic acids is 2. The average molecular weight is 219 g/mol. The number of halogens is 1. The van der Waals surface area contributed by atoms with Gasteiger partial charge in [-0.25, -0.2) is 0 Å². The molecule has 0 aliphatic carbocycles. The first-order valence-electron chi connectivity index (χ1n) is 4.96. The molecule has 0 spiro atoms. The van der Waals surface area contributed by atoms with Gasteiger partial charge in [-0.1, -0.05) is 6.42 Å². The fourth-order valence-electron chi connectivity index (χ4n) is 1.49. The monoisotopic (exact) mass is 218 g/mol. The second-order valence-corrected chi connectivity index (χ2v) is 4.21. The summed E-state index contributed by atoms with van der Waals surface area (Å²) in [6.45, 7) is 1.72. The van der Waals surface area contributed by atoms with Crippen LogP contribution in [-0.2, 0) is 14.3 Å². The van der Waals surface area contributed by atoms with E-state index in [0.717, 1.165) is 12.8 Å². The second-order valence-electron chi connectivity index (χ2n) is 3.68. The Hall–Kier alpha value is -0.570. The summed E-state index contributed by atoms with van der Waals surface area (Å²) in [5.41, 5.74) is 0. The van der Waals surface area contributed by atoms with Gasteiger partial charge in [0.25, 0.3) is 0 Å². The largest absolute Gasteiger partial charge is 0.462 e. The average Bonchev–Trinajstić information content (AvgIpc) is 2.10. The van der Waals surface area contributed by atoms with Crippen molar-refractivity contribution in [3.05, 3.63) is 0 Å². The Bertz CT molecular complexity index is 227. The first kappa shape index (κ1) is 11.5. The molecule has 1 aliphatic heterocycles. The predicted molar refractivity (Wildman–Crippen MR) is 53.3 cm³/mol. The summed E-state index contributed by atoms with van der Waals surface area (Å²) in [6, 6.07) is 0. The van der Waals surface area contributed by atoms with Crippen LogP contribution in [0, 0.1) is 0 Å². The molecule has 1 heterocycles. The molecule has 1 aliphatic rings. The van der Waals surface area contributed by atoms with E-state index >= 15 is 0 Å². The molecule has 0 saturated carbocycles. The molecule has 80 valence electrons. The number of hydrogen-bond donors (Lipinski definition) is 0. The molecule has 0 N–H and O–H groups in total. The lowest BCUT2D eigenvalue weighted by atomic mass is 10.0. The number of alkyl halides is 1. The van der Waals surface area contributed by atoms with E-state index in [4.69, 9.17) is 16.3 Å². The van der Waals surface area contributed by atoms with Crippen LogP contribution in [0.4, 0.5) is 0 Å². The van der Waals surface area contributed by atoms with Crippen LogP contribution < -0.4 is 0 Å². The Morgan fingerprint density at radius 2 is 2.07 bits per heavy atom. The van der Waals surface area contributed by atoms with Gasteiger partial charge in [-0.05, 0) is 19.8 Å². The molecular formula is C10H15ClO3. The Balaban J connectivity index is 2.54. The van der Waals surface area contributed by atoms with Gasteiger partial charge in [0.2, 0.25) is 0 Å². The number of rotatable bonds is 0. The van der Waals surface area contributed by atoms with E-state index in [1.807, 2.05) is 0 Å². The minimum absolute atomic E-state index is 0.0196. The summed E-state index contributed by atoms with van der Waals surface area (Å²) >= 11 is 5.88. The predicted octanol–water partition coefficient (Wildman–Crippen LogP) is 2.06. The zero-order chi connectivity index (χ0) is 10.6. The van der Waals surface area contributed by atoms with Crippen molar-refractivity contribution in [2.75, 3.05) is 0 Å². The van der Waals surface area contributed by atoms with Gasteiger partial charge in [-0.2, -0.15) is 0 Å². The first-order chi connectivity index (χ1) is 6.59.